The number of hydrogen-bond donors (Lipinski definition) is 4. The molecule has 0 radical (unpaired) electrons. The number of aliphatic hydroxyl groups excluding tert-OH is 2. The summed E-state index contributed by atoms with van der Waals surface area (Å²) in [6, 6.07) is 0. The molecule has 6 heteroatoms. The van der Waals surface area contributed by atoms with E-state index < -0.39 is 11.9 Å². The molecule has 0 aromatic rings. The third kappa shape index (κ3) is 30.7. The van der Waals surface area contributed by atoms with Crippen LogP contribution in [0.25, 0.3) is 0 Å². The fourth-order valence-corrected chi connectivity index (χ4v) is 2.54. The molecule has 0 spiro atoms. The van der Waals surface area contributed by atoms with Crippen molar-refractivity contribution in [3.63, 3.8) is 0 Å². The van der Waals surface area contributed by atoms with E-state index >= 15 is 0 Å². The van der Waals surface area contributed by atoms with Gasteiger partial charge in [-0.3, -0.25) is 9.59 Å². The number of carboxylic acid groups (broad SMARTS) is 2. The summed E-state index contributed by atoms with van der Waals surface area (Å²) in [5.74, 6) is -1.48. The van der Waals surface area contributed by atoms with E-state index in [1.807, 2.05) is 0 Å². The number of aliphatic hydroxyl groups is 2. The van der Waals surface area contributed by atoms with Gasteiger partial charge in [0.1, 0.15) is 0 Å². The predicted octanol–water partition coefficient (Wildman–Crippen LogP) is 4.37. The monoisotopic (exact) mass is 376 g/mol. The molecule has 0 amide bonds. The smallest absolute Gasteiger partial charge is 0.303 e. The van der Waals surface area contributed by atoms with Gasteiger partial charge in [0.05, 0.1) is 0 Å². The zero-order valence-corrected chi connectivity index (χ0v) is 16.3. The molecule has 0 aromatic heterocycles. The molecule has 0 rings (SSSR count). The quantitative estimate of drug-likeness (QED) is 0.264. The second kappa shape index (κ2) is 23.9. The van der Waals surface area contributed by atoms with Crippen molar-refractivity contribution in [1.29, 1.82) is 0 Å². The maximum Gasteiger partial charge on any atom is 0.303 e. The molecule has 0 atom stereocenters. The Kier molecular flexibility index (Phi) is 24.9. The van der Waals surface area contributed by atoms with Gasteiger partial charge in [-0.1, -0.05) is 64.2 Å². The van der Waals surface area contributed by atoms with E-state index in [2.05, 4.69) is 0 Å². The van der Waals surface area contributed by atoms with Crippen LogP contribution in [0, 0.1) is 0 Å². The number of rotatable bonds is 18. The molecule has 0 fully saturated rings. The Labute approximate surface area is 158 Å². The minimum atomic E-state index is -0.740. The van der Waals surface area contributed by atoms with Crippen molar-refractivity contribution in [2.45, 2.75) is 103 Å². The van der Waals surface area contributed by atoms with Gasteiger partial charge < -0.3 is 20.4 Å². The summed E-state index contributed by atoms with van der Waals surface area (Å²) in [5, 5.41) is 33.7. The van der Waals surface area contributed by atoms with Crippen LogP contribution in [-0.4, -0.2) is 45.6 Å². The van der Waals surface area contributed by atoms with Crippen LogP contribution in [0.4, 0.5) is 0 Å². The predicted molar refractivity (Wildman–Crippen MR) is 103 cm³/mol. The summed E-state index contributed by atoms with van der Waals surface area (Å²) >= 11 is 0. The SMILES string of the molecule is O=C(O)CCCCCCCCC(=O)O.OCCCCCCCCCCO. The molecule has 0 aromatic carbocycles. The van der Waals surface area contributed by atoms with Gasteiger partial charge in [-0.05, 0) is 25.7 Å². The highest BCUT2D eigenvalue weighted by Crippen LogP contribution is 2.09. The maximum atomic E-state index is 10.1. The number of carbonyl (C=O) groups is 2. The van der Waals surface area contributed by atoms with E-state index in [1.165, 1.54) is 25.7 Å². The maximum absolute atomic E-state index is 10.1. The normalized spacial score (nSPS) is 10.2. The van der Waals surface area contributed by atoms with E-state index in [0.29, 0.717) is 13.2 Å². The standard InChI is InChI=1S/C10H18O4.C10H22O2/c11-9(12)7-5-3-1-2-4-6-8-10(13)14;11-9-7-5-3-1-2-4-6-8-10-12/h1-8H2,(H,11,12)(H,13,14);11-12H,1-10H2. The first-order valence-corrected chi connectivity index (χ1v) is 10.2. The molecule has 0 heterocycles. The van der Waals surface area contributed by atoms with Crippen molar-refractivity contribution >= 4 is 11.9 Å². The molecule has 4 N–H and O–H groups in total. The van der Waals surface area contributed by atoms with Gasteiger partial charge in [-0.2, -0.15) is 0 Å². The number of unbranched alkanes of at least 4 members (excludes halogenated alkanes) is 12. The topological polar surface area (TPSA) is 115 Å². The van der Waals surface area contributed by atoms with E-state index in [9.17, 15) is 9.59 Å². The van der Waals surface area contributed by atoms with Gasteiger partial charge in [0.25, 0.3) is 0 Å². The van der Waals surface area contributed by atoms with Crippen LogP contribution in [0.1, 0.15) is 103 Å². The van der Waals surface area contributed by atoms with Crippen molar-refractivity contribution in [1.82, 2.24) is 0 Å². The molecule has 0 aliphatic rings. The zero-order valence-electron chi connectivity index (χ0n) is 16.3. The Morgan fingerprint density at radius 3 is 0.885 bits per heavy atom. The number of carboxylic acids is 2. The second-order valence-electron chi connectivity index (χ2n) is 6.68. The highest BCUT2D eigenvalue weighted by Gasteiger charge is 1.98. The van der Waals surface area contributed by atoms with Gasteiger partial charge >= 0.3 is 11.9 Å². The van der Waals surface area contributed by atoms with E-state index in [4.69, 9.17) is 20.4 Å². The van der Waals surface area contributed by atoms with Gasteiger partial charge in [-0.25, -0.2) is 0 Å². The van der Waals surface area contributed by atoms with Gasteiger partial charge in [0.2, 0.25) is 0 Å². The van der Waals surface area contributed by atoms with Crippen molar-refractivity contribution in [3.8, 4) is 0 Å². The lowest BCUT2D eigenvalue weighted by molar-refractivity contribution is -0.138. The molecule has 0 aliphatic heterocycles. The first-order chi connectivity index (χ1) is 12.5. The van der Waals surface area contributed by atoms with Crippen LogP contribution >= 0.6 is 0 Å². The lowest BCUT2D eigenvalue weighted by Crippen LogP contribution is -1.94. The first-order valence-electron chi connectivity index (χ1n) is 10.2. The molecule has 156 valence electrons. The molecule has 0 saturated carbocycles. The Hall–Kier alpha value is -1.14. The van der Waals surface area contributed by atoms with E-state index in [0.717, 1.165) is 64.2 Å². The van der Waals surface area contributed by atoms with Gasteiger partial charge in [-0.15, -0.1) is 0 Å². The van der Waals surface area contributed by atoms with Crippen LogP contribution in [0.15, 0.2) is 0 Å². The Bertz CT molecular complexity index is 277. The Morgan fingerprint density at radius 2 is 0.654 bits per heavy atom. The third-order valence-electron chi connectivity index (χ3n) is 4.10. The minimum absolute atomic E-state index is 0.245. The average Bonchev–Trinajstić information content (AvgIpc) is 2.60. The number of hydrogen-bond acceptors (Lipinski definition) is 4. The molecule has 26 heavy (non-hydrogen) atoms. The van der Waals surface area contributed by atoms with Crippen molar-refractivity contribution in [3.05, 3.63) is 0 Å². The Morgan fingerprint density at radius 1 is 0.423 bits per heavy atom. The summed E-state index contributed by atoms with van der Waals surface area (Å²) in [6.07, 6.45) is 15.1. The van der Waals surface area contributed by atoms with Crippen molar-refractivity contribution < 1.29 is 30.0 Å². The number of aliphatic carboxylic acids is 2. The summed E-state index contributed by atoms with van der Waals surface area (Å²) in [5.41, 5.74) is 0. The van der Waals surface area contributed by atoms with Crippen LogP contribution in [-0.2, 0) is 9.59 Å². The fourth-order valence-electron chi connectivity index (χ4n) is 2.54. The van der Waals surface area contributed by atoms with Crippen LogP contribution < -0.4 is 0 Å². The molecular formula is C20H40O6. The summed E-state index contributed by atoms with van der Waals surface area (Å²) in [7, 11) is 0. The van der Waals surface area contributed by atoms with Crippen LogP contribution in [0.2, 0.25) is 0 Å². The summed E-state index contributed by atoms with van der Waals surface area (Å²) in [4.78, 5) is 20.3. The Balaban J connectivity index is 0. The molecule has 0 aliphatic carbocycles. The molecule has 0 unspecified atom stereocenters. The molecule has 0 saturated heterocycles. The second-order valence-corrected chi connectivity index (χ2v) is 6.68. The van der Waals surface area contributed by atoms with Gasteiger partial charge in [0.15, 0.2) is 0 Å². The van der Waals surface area contributed by atoms with Crippen LogP contribution in [0.3, 0.4) is 0 Å². The highest BCUT2D eigenvalue weighted by molar-refractivity contribution is 5.66. The summed E-state index contributed by atoms with van der Waals surface area (Å²) < 4.78 is 0. The van der Waals surface area contributed by atoms with Gasteiger partial charge in [0, 0.05) is 26.1 Å². The molecule has 6 nitrogen and oxygen atoms in total. The fraction of sp³-hybridized carbons (Fsp3) is 0.900. The van der Waals surface area contributed by atoms with E-state index in [-0.39, 0.29) is 12.8 Å². The van der Waals surface area contributed by atoms with E-state index in [1.54, 1.807) is 0 Å². The van der Waals surface area contributed by atoms with Crippen molar-refractivity contribution in [2.75, 3.05) is 13.2 Å². The summed E-state index contributed by atoms with van der Waals surface area (Å²) in [6.45, 7) is 0.676. The van der Waals surface area contributed by atoms with Crippen LogP contribution in [0.5, 0.6) is 0 Å². The lowest BCUT2D eigenvalue weighted by atomic mass is 10.1. The minimum Gasteiger partial charge on any atom is -0.481 e. The largest absolute Gasteiger partial charge is 0.481 e. The highest BCUT2D eigenvalue weighted by atomic mass is 16.4. The van der Waals surface area contributed by atoms with Crippen molar-refractivity contribution in [2.24, 2.45) is 0 Å². The lowest BCUT2D eigenvalue weighted by Gasteiger charge is -1.99. The third-order valence-corrected chi connectivity index (χ3v) is 4.10. The first kappa shape index (κ1) is 27.1. The zero-order chi connectivity index (χ0) is 19.9. The molecule has 0 bridgehead atoms. The molecular weight excluding hydrogens is 336 g/mol. The average molecular weight is 377 g/mol.